The van der Waals surface area contributed by atoms with Gasteiger partial charge in [0.05, 0.1) is 6.61 Å². The highest BCUT2D eigenvalue weighted by molar-refractivity contribution is 5.81. The molecule has 2 heterocycles. The maximum absolute atomic E-state index is 9.00. The van der Waals surface area contributed by atoms with E-state index in [9.17, 15) is 0 Å². The standard InChI is InChI=1S/C14H12N2O/c17-9-10-1-3-11(4-2-10)13-7-12-5-6-15-14(12)16-8-13/h1-8,17H,9H2,(H,15,16). The zero-order valence-corrected chi connectivity index (χ0v) is 9.22. The number of nitrogens with zero attached hydrogens (tertiary/aromatic N) is 1. The summed E-state index contributed by atoms with van der Waals surface area (Å²) in [6.07, 6.45) is 3.74. The van der Waals surface area contributed by atoms with Crippen LogP contribution < -0.4 is 0 Å². The van der Waals surface area contributed by atoms with Gasteiger partial charge in [0, 0.05) is 23.3 Å². The quantitative estimate of drug-likeness (QED) is 0.703. The number of benzene rings is 1. The van der Waals surface area contributed by atoms with Crippen molar-refractivity contribution in [3.05, 3.63) is 54.4 Å². The monoisotopic (exact) mass is 224 g/mol. The maximum atomic E-state index is 9.00. The van der Waals surface area contributed by atoms with Gasteiger partial charge in [-0.15, -0.1) is 0 Å². The highest BCUT2D eigenvalue weighted by Gasteiger charge is 2.01. The summed E-state index contributed by atoms with van der Waals surface area (Å²) in [4.78, 5) is 7.43. The molecule has 1 aromatic carbocycles. The van der Waals surface area contributed by atoms with Crippen LogP contribution in [0.5, 0.6) is 0 Å². The lowest BCUT2D eigenvalue weighted by atomic mass is 10.1. The zero-order valence-electron chi connectivity index (χ0n) is 9.22. The summed E-state index contributed by atoms with van der Waals surface area (Å²) in [5.74, 6) is 0. The van der Waals surface area contributed by atoms with Crippen LogP contribution in [0.15, 0.2) is 48.8 Å². The molecule has 0 bridgehead atoms. The molecule has 17 heavy (non-hydrogen) atoms. The van der Waals surface area contributed by atoms with Crippen LogP contribution in [0, 0.1) is 0 Å². The zero-order chi connectivity index (χ0) is 11.7. The topological polar surface area (TPSA) is 48.9 Å². The Balaban J connectivity index is 2.06. The second-order valence-electron chi connectivity index (χ2n) is 3.99. The third kappa shape index (κ3) is 1.81. The van der Waals surface area contributed by atoms with E-state index in [0.717, 1.165) is 27.7 Å². The third-order valence-electron chi connectivity index (χ3n) is 2.87. The molecule has 0 spiro atoms. The molecule has 0 radical (unpaired) electrons. The molecule has 0 aliphatic carbocycles. The summed E-state index contributed by atoms with van der Waals surface area (Å²) >= 11 is 0. The highest BCUT2D eigenvalue weighted by atomic mass is 16.3. The third-order valence-corrected chi connectivity index (χ3v) is 2.87. The van der Waals surface area contributed by atoms with Crippen LogP contribution in [-0.2, 0) is 6.61 Å². The second-order valence-corrected chi connectivity index (χ2v) is 3.99. The largest absolute Gasteiger partial charge is 0.392 e. The molecule has 0 aliphatic rings. The van der Waals surface area contributed by atoms with Crippen LogP contribution in [0.1, 0.15) is 5.56 Å². The Morgan fingerprint density at radius 3 is 2.65 bits per heavy atom. The van der Waals surface area contributed by atoms with Crippen molar-refractivity contribution in [1.82, 2.24) is 9.97 Å². The minimum Gasteiger partial charge on any atom is -0.392 e. The minimum absolute atomic E-state index is 0.0787. The molecule has 0 unspecified atom stereocenters. The van der Waals surface area contributed by atoms with E-state index in [1.807, 2.05) is 42.7 Å². The van der Waals surface area contributed by atoms with Crippen LogP contribution in [0.4, 0.5) is 0 Å². The predicted molar refractivity (Wildman–Crippen MR) is 67.5 cm³/mol. The highest BCUT2D eigenvalue weighted by Crippen LogP contribution is 2.22. The van der Waals surface area contributed by atoms with Crippen molar-refractivity contribution in [2.45, 2.75) is 6.61 Å². The lowest BCUT2D eigenvalue weighted by Crippen LogP contribution is -1.84. The summed E-state index contributed by atoms with van der Waals surface area (Å²) in [5.41, 5.74) is 4.02. The number of rotatable bonds is 2. The molecule has 0 fully saturated rings. The first kappa shape index (κ1) is 10.1. The fraction of sp³-hybridized carbons (Fsp3) is 0.0714. The van der Waals surface area contributed by atoms with Crippen molar-refractivity contribution in [2.24, 2.45) is 0 Å². The predicted octanol–water partition coefficient (Wildman–Crippen LogP) is 2.72. The van der Waals surface area contributed by atoms with Gasteiger partial charge in [-0.3, -0.25) is 0 Å². The molecule has 0 saturated carbocycles. The van der Waals surface area contributed by atoms with Crippen LogP contribution >= 0.6 is 0 Å². The van der Waals surface area contributed by atoms with Crippen molar-refractivity contribution in [3.8, 4) is 11.1 Å². The molecule has 0 amide bonds. The first-order chi connectivity index (χ1) is 8.36. The van der Waals surface area contributed by atoms with Gasteiger partial charge < -0.3 is 10.1 Å². The van der Waals surface area contributed by atoms with E-state index in [0.29, 0.717) is 0 Å². The Labute approximate surface area is 98.8 Å². The van der Waals surface area contributed by atoms with Gasteiger partial charge in [-0.05, 0) is 23.3 Å². The van der Waals surface area contributed by atoms with Gasteiger partial charge in [-0.25, -0.2) is 4.98 Å². The molecule has 3 heteroatoms. The number of aliphatic hydroxyl groups excluding tert-OH is 1. The van der Waals surface area contributed by atoms with Crippen molar-refractivity contribution >= 4 is 11.0 Å². The van der Waals surface area contributed by atoms with Gasteiger partial charge in [-0.2, -0.15) is 0 Å². The molecule has 0 atom stereocenters. The Kier molecular flexibility index (Phi) is 2.38. The maximum Gasteiger partial charge on any atom is 0.137 e. The number of hydrogen-bond donors (Lipinski definition) is 2. The molecule has 84 valence electrons. The molecule has 3 rings (SSSR count). The van der Waals surface area contributed by atoms with Gasteiger partial charge in [0.15, 0.2) is 0 Å². The van der Waals surface area contributed by atoms with Crippen molar-refractivity contribution in [2.75, 3.05) is 0 Å². The lowest BCUT2D eigenvalue weighted by Gasteiger charge is -2.02. The van der Waals surface area contributed by atoms with E-state index in [-0.39, 0.29) is 6.61 Å². The van der Waals surface area contributed by atoms with E-state index in [4.69, 9.17) is 5.11 Å². The van der Waals surface area contributed by atoms with Crippen LogP contribution in [0.25, 0.3) is 22.2 Å². The van der Waals surface area contributed by atoms with Gasteiger partial charge in [-0.1, -0.05) is 24.3 Å². The fourth-order valence-corrected chi connectivity index (χ4v) is 1.90. The normalized spacial score (nSPS) is 10.9. The van der Waals surface area contributed by atoms with Crippen LogP contribution in [0.3, 0.4) is 0 Å². The Bertz CT molecular complexity index is 641. The van der Waals surface area contributed by atoms with E-state index < -0.39 is 0 Å². The number of H-pyrrole nitrogens is 1. The Morgan fingerprint density at radius 1 is 1.06 bits per heavy atom. The molecule has 3 aromatic rings. The number of nitrogens with one attached hydrogen (secondary N) is 1. The average Bonchev–Trinajstić information content (AvgIpc) is 2.86. The summed E-state index contributed by atoms with van der Waals surface area (Å²) in [5, 5.41) is 10.1. The number of pyridine rings is 1. The SMILES string of the molecule is OCc1ccc(-c2cnc3[nH]ccc3c2)cc1. The average molecular weight is 224 g/mol. The van der Waals surface area contributed by atoms with Crippen LogP contribution in [-0.4, -0.2) is 15.1 Å². The van der Waals surface area contributed by atoms with Crippen molar-refractivity contribution in [3.63, 3.8) is 0 Å². The van der Waals surface area contributed by atoms with E-state index >= 15 is 0 Å². The minimum atomic E-state index is 0.0787. The van der Waals surface area contributed by atoms with Gasteiger partial charge in [0.2, 0.25) is 0 Å². The summed E-state index contributed by atoms with van der Waals surface area (Å²) in [6, 6.07) is 12.0. The fourth-order valence-electron chi connectivity index (χ4n) is 1.90. The first-order valence-corrected chi connectivity index (χ1v) is 5.50. The second kappa shape index (κ2) is 4.03. The number of fused-ring (bicyclic) bond motifs is 1. The number of aliphatic hydroxyl groups is 1. The lowest BCUT2D eigenvalue weighted by molar-refractivity contribution is 0.282. The van der Waals surface area contributed by atoms with E-state index in [1.165, 1.54) is 0 Å². The molecule has 0 aliphatic heterocycles. The van der Waals surface area contributed by atoms with Crippen LogP contribution in [0.2, 0.25) is 0 Å². The molecular formula is C14H12N2O. The van der Waals surface area contributed by atoms with E-state index in [1.54, 1.807) is 0 Å². The van der Waals surface area contributed by atoms with Gasteiger partial charge >= 0.3 is 0 Å². The first-order valence-electron chi connectivity index (χ1n) is 5.50. The molecule has 2 N–H and O–H groups in total. The molecular weight excluding hydrogens is 212 g/mol. The number of hydrogen-bond acceptors (Lipinski definition) is 2. The van der Waals surface area contributed by atoms with Gasteiger partial charge in [0.25, 0.3) is 0 Å². The smallest absolute Gasteiger partial charge is 0.137 e. The Hall–Kier alpha value is -2.13. The van der Waals surface area contributed by atoms with E-state index in [2.05, 4.69) is 16.0 Å². The molecule has 3 nitrogen and oxygen atoms in total. The van der Waals surface area contributed by atoms with Gasteiger partial charge in [0.1, 0.15) is 5.65 Å². The summed E-state index contributed by atoms with van der Waals surface area (Å²) in [6.45, 7) is 0.0787. The Morgan fingerprint density at radius 2 is 1.88 bits per heavy atom. The van der Waals surface area contributed by atoms with Crippen molar-refractivity contribution in [1.29, 1.82) is 0 Å². The summed E-state index contributed by atoms with van der Waals surface area (Å²) in [7, 11) is 0. The molecule has 0 saturated heterocycles. The summed E-state index contributed by atoms with van der Waals surface area (Å²) < 4.78 is 0. The van der Waals surface area contributed by atoms with Crippen molar-refractivity contribution < 1.29 is 5.11 Å². The number of aromatic nitrogens is 2. The molecule has 2 aromatic heterocycles. The number of aromatic amines is 1.